The summed E-state index contributed by atoms with van der Waals surface area (Å²) in [5.41, 5.74) is 1.13. The smallest absolute Gasteiger partial charge is 0.152 e. The highest BCUT2D eigenvalue weighted by Gasteiger charge is 2.15. The Kier molecular flexibility index (Phi) is 8.31. The third-order valence-electron chi connectivity index (χ3n) is 3.95. The Morgan fingerprint density at radius 3 is 2.26 bits per heavy atom. The monoisotopic (exact) mass is 340 g/mol. The van der Waals surface area contributed by atoms with Gasteiger partial charge in [-0.25, -0.2) is 8.42 Å². The zero-order valence-electron chi connectivity index (χ0n) is 14.4. The number of carbonyl (C=O) groups is 1. The summed E-state index contributed by atoms with van der Waals surface area (Å²) in [4.78, 5) is 11.9. The molecule has 1 aromatic carbocycles. The molecule has 0 saturated carbocycles. The van der Waals surface area contributed by atoms with Crippen molar-refractivity contribution in [3.05, 3.63) is 29.8 Å². The van der Waals surface area contributed by atoms with Crippen molar-refractivity contribution >= 4 is 15.6 Å². The van der Waals surface area contributed by atoms with E-state index in [-0.39, 0.29) is 16.8 Å². The minimum absolute atomic E-state index is 0.227. The summed E-state index contributed by atoms with van der Waals surface area (Å²) in [5.74, 6) is 1.29. The van der Waals surface area contributed by atoms with E-state index in [0.29, 0.717) is 19.3 Å². The van der Waals surface area contributed by atoms with Gasteiger partial charge in [0.05, 0.1) is 18.1 Å². The summed E-state index contributed by atoms with van der Waals surface area (Å²) in [6.45, 7) is 3.41. The molecule has 1 rings (SSSR count). The highest BCUT2D eigenvalue weighted by atomic mass is 32.2. The second-order valence-electron chi connectivity index (χ2n) is 6.11. The van der Waals surface area contributed by atoms with Crippen LogP contribution in [0.5, 0.6) is 5.75 Å². The lowest BCUT2D eigenvalue weighted by Crippen LogP contribution is -2.17. The molecule has 0 saturated heterocycles. The van der Waals surface area contributed by atoms with Crippen LogP contribution in [0.1, 0.15) is 51.5 Å². The van der Waals surface area contributed by atoms with Gasteiger partial charge < -0.3 is 4.74 Å². The van der Waals surface area contributed by atoms with E-state index in [1.165, 1.54) is 0 Å². The molecule has 0 bridgehead atoms. The average molecular weight is 340 g/mol. The van der Waals surface area contributed by atoms with Gasteiger partial charge in [0.15, 0.2) is 9.84 Å². The zero-order chi connectivity index (χ0) is 17.3. The average Bonchev–Trinajstić information content (AvgIpc) is 2.52. The first-order chi connectivity index (χ1) is 10.8. The summed E-state index contributed by atoms with van der Waals surface area (Å²) < 4.78 is 28.4. The van der Waals surface area contributed by atoms with Crippen LogP contribution >= 0.6 is 0 Å². The summed E-state index contributed by atoms with van der Waals surface area (Å²) in [6.07, 6.45) is 4.03. The molecule has 0 fully saturated rings. The van der Waals surface area contributed by atoms with Gasteiger partial charge in [-0.05, 0) is 50.8 Å². The number of hydrogen-bond acceptors (Lipinski definition) is 4. The van der Waals surface area contributed by atoms with Crippen LogP contribution in [0.15, 0.2) is 24.3 Å². The van der Waals surface area contributed by atoms with E-state index in [2.05, 4.69) is 0 Å². The Bertz CT molecular complexity index is 574. The third-order valence-corrected chi connectivity index (χ3v) is 6.25. The maximum absolute atomic E-state index is 11.9. The molecule has 0 aliphatic carbocycles. The van der Waals surface area contributed by atoms with Gasteiger partial charge in [-0.1, -0.05) is 18.6 Å². The van der Waals surface area contributed by atoms with E-state index in [1.807, 2.05) is 24.3 Å². The molecule has 0 amide bonds. The predicted molar refractivity (Wildman–Crippen MR) is 93.7 cm³/mol. The maximum Gasteiger partial charge on any atom is 0.152 e. The van der Waals surface area contributed by atoms with E-state index >= 15 is 0 Å². The number of methoxy groups -OCH3 is 1. The molecule has 0 atom stereocenters. The Morgan fingerprint density at radius 1 is 1.04 bits per heavy atom. The van der Waals surface area contributed by atoms with Gasteiger partial charge >= 0.3 is 0 Å². The topological polar surface area (TPSA) is 60.4 Å². The van der Waals surface area contributed by atoms with Crippen molar-refractivity contribution in [1.29, 1.82) is 0 Å². The Morgan fingerprint density at radius 2 is 1.70 bits per heavy atom. The molecule has 0 radical (unpaired) electrons. The van der Waals surface area contributed by atoms with Crippen LogP contribution in [0.2, 0.25) is 0 Å². The van der Waals surface area contributed by atoms with Crippen molar-refractivity contribution in [3.63, 3.8) is 0 Å². The first-order valence-electron chi connectivity index (χ1n) is 8.21. The Labute approximate surface area is 140 Å². The minimum atomic E-state index is -2.95. The second kappa shape index (κ2) is 9.71. The zero-order valence-corrected chi connectivity index (χ0v) is 15.2. The maximum atomic E-state index is 11.9. The molecule has 0 N–H and O–H groups in total. The van der Waals surface area contributed by atoms with E-state index < -0.39 is 9.84 Å². The molecule has 130 valence electrons. The van der Waals surface area contributed by atoms with Crippen LogP contribution in [-0.2, 0) is 21.1 Å². The van der Waals surface area contributed by atoms with Gasteiger partial charge in [0.2, 0.25) is 0 Å². The van der Waals surface area contributed by atoms with Gasteiger partial charge in [-0.2, -0.15) is 0 Å². The summed E-state index contributed by atoms with van der Waals surface area (Å²) >= 11 is 0. The Hall–Kier alpha value is -1.36. The first kappa shape index (κ1) is 19.7. The number of benzene rings is 1. The molecule has 0 aromatic heterocycles. The van der Waals surface area contributed by atoms with Crippen molar-refractivity contribution in [1.82, 2.24) is 0 Å². The lowest BCUT2D eigenvalue weighted by molar-refractivity contribution is -0.119. The normalized spacial score (nSPS) is 11.7. The van der Waals surface area contributed by atoms with Gasteiger partial charge in [0.25, 0.3) is 0 Å². The van der Waals surface area contributed by atoms with Crippen molar-refractivity contribution in [2.75, 3.05) is 12.9 Å². The molecule has 0 aliphatic heterocycles. The SMILES string of the molecule is COc1ccc(CCC(=O)CCCCCS(=O)(=O)C(C)C)cc1. The lowest BCUT2D eigenvalue weighted by Gasteiger charge is -2.07. The van der Waals surface area contributed by atoms with Crippen molar-refractivity contribution < 1.29 is 17.9 Å². The van der Waals surface area contributed by atoms with Crippen molar-refractivity contribution in [2.24, 2.45) is 0 Å². The standard InChI is InChI=1S/C18H28O4S/c1-15(2)23(20,21)14-6-4-5-7-17(19)11-8-16-9-12-18(22-3)13-10-16/h9-10,12-13,15H,4-8,11,14H2,1-3H3. The largest absolute Gasteiger partial charge is 0.497 e. The van der Waals surface area contributed by atoms with E-state index in [0.717, 1.165) is 30.6 Å². The summed E-state index contributed by atoms with van der Waals surface area (Å²) in [5, 5.41) is -0.311. The highest BCUT2D eigenvalue weighted by Crippen LogP contribution is 2.14. The van der Waals surface area contributed by atoms with Gasteiger partial charge in [-0.3, -0.25) is 4.79 Å². The summed E-state index contributed by atoms with van der Waals surface area (Å²) in [7, 11) is -1.32. The number of ether oxygens (including phenoxy) is 1. The van der Waals surface area contributed by atoms with Crippen LogP contribution in [0.4, 0.5) is 0 Å². The van der Waals surface area contributed by atoms with Crippen LogP contribution < -0.4 is 4.74 Å². The quantitative estimate of drug-likeness (QED) is 0.578. The molecule has 0 aliphatic rings. The first-order valence-corrected chi connectivity index (χ1v) is 9.93. The molecule has 5 heteroatoms. The number of sulfone groups is 1. The highest BCUT2D eigenvalue weighted by molar-refractivity contribution is 7.91. The van der Waals surface area contributed by atoms with Crippen LogP contribution in [0.3, 0.4) is 0 Å². The number of hydrogen-bond donors (Lipinski definition) is 0. The van der Waals surface area contributed by atoms with E-state index in [1.54, 1.807) is 21.0 Å². The summed E-state index contributed by atoms with van der Waals surface area (Å²) in [6, 6.07) is 7.75. The van der Waals surface area contributed by atoms with Gasteiger partial charge in [-0.15, -0.1) is 0 Å². The number of aryl methyl sites for hydroxylation is 1. The minimum Gasteiger partial charge on any atom is -0.497 e. The molecule has 23 heavy (non-hydrogen) atoms. The third kappa shape index (κ3) is 7.64. The van der Waals surface area contributed by atoms with Crippen molar-refractivity contribution in [2.45, 2.75) is 57.6 Å². The lowest BCUT2D eigenvalue weighted by atomic mass is 10.0. The van der Waals surface area contributed by atoms with Crippen LogP contribution in [0, 0.1) is 0 Å². The predicted octanol–water partition coefficient (Wildman–Crippen LogP) is 3.58. The fraction of sp³-hybridized carbons (Fsp3) is 0.611. The molecular formula is C18H28O4S. The van der Waals surface area contributed by atoms with Crippen LogP contribution in [-0.4, -0.2) is 32.3 Å². The molecule has 0 spiro atoms. The molecule has 0 unspecified atom stereocenters. The number of carbonyl (C=O) groups excluding carboxylic acids is 1. The van der Waals surface area contributed by atoms with E-state index in [4.69, 9.17) is 4.74 Å². The number of ketones is 1. The molecular weight excluding hydrogens is 312 g/mol. The molecule has 4 nitrogen and oxygen atoms in total. The number of rotatable bonds is 11. The van der Waals surface area contributed by atoms with Gasteiger partial charge in [0, 0.05) is 12.8 Å². The van der Waals surface area contributed by atoms with E-state index in [9.17, 15) is 13.2 Å². The van der Waals surface area contributed by atoms with Crippen LogP contribution in [0.25, 0.3) is 0 Å². The molecule has 1 aromatic rings. The Balaban J connectivity index is 2.17. The number of unbranched alkanes of at least 4 members (excludes halogenated alkanes) is 2. The fourth-order valence-corrected chi connectivity index (χ4v) is 3.32. The molecule has 0 heterocycles. The second-order valence-corrected chi connectivity index (χ2v) is 8.79. The number of Topliss-reactive ketones (excluding diaryl/α,β-unsaturated/α-hetero) is 1. The van der Waals surface area contributed by atoms with Crippen molar-refractivity contribution in [3.8, 4) is 5.75 Å². The van der Waals surface area contributed by atoms with Gasteiger partial charge in [0.1, 0.15) is 11.5 Å². The fourth-order valence-electron chi connectivity index (χ4n) is 2.24.